The van der Waals surface area contributed by atoms with Crippen molar-refractivity contribution in [2.24, 2.45) is 0 Å². The first-order valence-electron chi connectivity index (χ1n) is 10.5. The molecule has 7 nitrogen and oxygen atoms in total. The molecule has 2 aromatic rings. The van der Waals surface area contributed by atoms with Crippen LogP contribution in [0.3, 0.4) is 0 Å². The summed E-state index contributed by atoms with van der Waals surface area (Å²) in [5.74, 6) is -0.914. The highest BCUT2D eigenvalue weighted by Crippen LogP contribution is 2.30. The number of esters is 1. The first kappa shape index (κ1) is 23.9. The lowest BCUT2D eigenvalue weighted by Crippen LogP contribution is -2.28. The minimum atomic E-state index is -3.80. The molecule has 0 saturated carbocycles. The topological polar surface area (TPSA) is 90.0 Å². The molecule has 0 N–H and O–H groups in total. The third-order valence-electron chi connectivity index (χ3n) is 6.20. The molecule has 8 heteroatoms. The number of rotatable bonds is 7. The molecule has 0 spiro atoms. The number of carbonyl (C=O) groups excluding carboxylic acids is 2. The van der Waals surface area contributed by atoms with Crippen molar-refractivity contribution in [3.8, 4) is 5.75 Å². The fourth-order valence-corrected chi connectivity index (χ4v) is 5.57. The van der Waals surface area contributed by atoms with Gasteiger partial charge in [0.25, 0.3) is 0 Å². The van der Waals surface area contributed by atoms with Crippen molar-refractivity contribution in [1.29, 1.82) is 0 Å². The molecule has 3 rings (SSSR count). The number of Topliss-reactive ketones (excluding diaryl/α,β-unsaturated/α-hetero) is 1. The van der Waals surface area contributed by atoms with Crippen LogP contribution >= 0.6 is 0 Å². The molecule has 2 aromatic carbocycles. The van der Waals surface area contributed by atoms with Crippen LogP contribution in [0.1, 0.15) is 55.8 Å². The van der Waals surface area contributed by atoms with Crippen LogP contribution in [0.25, 0.3) is 0 Å². The van der Waals surface area contributed by atoms with Gasteiger partial charge in [-0.3, -0.25) is 4.79 Å². The normalized spacial score (nSPS) is 14.4. The average molecular weight is 460 g/mol. The maximum atomic E-state index is 13.0. The van der Waals surface area contributed by atoms with Crippen LogP contribution < -0.4 is 4.74 Å². The Kier molecular flexibility index (Phi) is 7.05. The van der Waals surface area contributed by atoms with E-state index in [0.29, 0.717) is 18.7 Å². The first-order valence-corrected chi connectivity index (χ1v) is 12.0. The molecule has 0 atom stereocenters. The fourth-order valence-electron chi connectivity index (χ4n) is 3.87. The SMILES string of the molecule is COc1ccc(C(=O)OCC(=O)c2cc(C)c(C)c(C)c2C)cc1S(=O)(=O)N1CCCC1. The molecule has 0 bridgehead atoms. The minimum absolute atomic E-state index is 0.0457. The van der Waals surface area contributed by atoms with Crippen LogP contribution in [0.2, 0.25) is 0 Å². The van der Waals surface area contributed by atoms with Gasteiger partial charge in [0.15, 0.2) is 6.61 Å². The van der Waals surface area contributed by atoms with Crippen LogP contribution in [-0.4, -0.2) is 51.3 Å². The van der Waals surface area contributed by atoms with Gasteiger partial charge in [-0.15, -0.1) is 0 Å². The van der Waals surface area contributed by atoms with Crippen LogP contribution in [0, 0.1) is 27.7 Å². The maximum Gasteiger partial charge on any atom is 0.338 e. The van der Waals surface area contributed by atoms with Gasteiger partial charge in [0, 0.05) is 18.7 Å². The number of benzene rings is 2. The highest BCUT2D eigenvalue weighted by molar-refractivity contribution is 7.89. The summed E-state index contributed by atoms with van der Waals surface area (Å²) in [5, 5.41) is 0. The molecule has 1 saturated heterocycles. The Bertz CT molecular complexity index is 1160. The van der Waals surface area contributed by atoms with Crippen molar-refractivity contribution >= 4 is 21.8 Å². The predicted molar refractivity (Wildman–Crippen MR) is 121 cm³/mol. The largest absolute Gasteiger partial charge is 0.495 e. The van der Waals surface area contributed by atoms with Gasteiger partial charge in [-0.1, -0.05) is 0 Å². The van der Waals surface area contributed by atoms with E-state index in [0.717, 1.165) is 35.1 Å². The quantitative estimate of drug-likeness (QED) is 0.463. The number of carbonyl (C=O) groups is 2. The van der Waals surface area contributed by atoms with Gasteiger partial charge in [-0.05, 0) is 87.1 Å². The number of sulfonamides is 1. The maximum absolute atomic E-state index is 13.0. The van der Waals surface area contributed by atoms with Gasteiger partial charge in [-0.2, -0.15) is 4.31 Å². The van der Waals surface area contributed by atoms with E-state index in [1.165, 1.54) is 29.6 Å². The van der Waals surface area contributed by atoms with Crippen LogP contribution in [0.15, 0.2) is 29.2 Å². The summed E-state index contributed by atoms with van der Waals surface area (Å²) >= 11 is 0. The van der Waals surface area contributed by atoms with E-state index < -0.39 is 22.6 Å². The van der Waals surface area contributed by atoms with Gasteiger partial charge in [0.1, 0.15) is 10.6 Å². The zero-order valence-electron chi connectivity index (χ0n) is 19.1. The Morgan fingerprint density at radius 2 is 1.62 bits per heavy atom. The molecule has 1 heterocycles. The second kappa shape index (κ2) is 9.42. The van der Waals surface area contributed by atoms with Crippen LogP contribution in [0.5, 0.6) is 5.75 Å². The van der Waals surface area contributed by atoms with Crippen molar-refractivity contribution in [3.05, 3.63) is 57.6 Å². The second-order valence-corrected chi connectivity index (χ2v) is 10.00. The summed E-state index contributed by atoms with van der Waals surface area (Å²) in [7, 11) is -2.42. The Balaban J connectivity index is 1.81. The lowest BCUT2D eigenvalue weighted by Gasteiger charge is -2.18. The number of hydrogen-bond donors (Lipinski definition) is 0. The highest BCUT2D eigenvalue weighted by atomic mass is 32.2. The zero-order chi connectivity index (χ0) is 23.6. The summed E-state index contributed by atoms with van der Waals surface area (Å²) in [4.78, 5) is 25.3. The third-order valence-corrected chi connectivity index (χ3v) is 8.12. The molecule has 0 aromatic heterocycles. The van der Waals surface area contributed by atoms with Crippen molar-refractivity contribution in [2.45, 2.75) is 45.4 Å². The number of methoxy groups -OCH3 is 1. The van der Waals surface area contributed by atoms with Gasteiger partial charge in [0.05, 0.1) is 12.7 Å². The van der Waals surface area contributed by atoms with E-state index in [4.69, 9.17) is 9.47 Å². The summed E-state index contributed by atoms with van der Waals surface area (Å²) < 4.78 is 37.9. The van der Waals surface area contributed by atoms with E-state index in [2.05, 4.69) is 0 Å². The number of aryl methyl sites for hydroxylation is 1. The monoisotopic (exact) mass is 459 g/mol. The molecule has 32 heavy (non-hydrogen) atoms. The van der Waals surface area contributed by atoms with E-state index in [1.54, 1.807) is 0 Å². The molecule has 1 aliphatic heterocycles. The Hall–Kier alpha value is -2.71. The van der Waals surface area contributed by atoms with Gasteiger partial charge >= 0.3 is 5.97 Å². The Morgan fingerprint density at radius 1 is 0.969 bits per heavy atom. The number of nitrogens with zero attached hydrogens (tertiary/aromatic N) is 1. The molecular weight excluding hydrogens is 430 g/mol. The summed E-state index contributed by atoms with van der Waals surface area (Å²) in [6, 6.07) is 5.92. The number of ether oxygens (including phenoxy) is 2. The average Bonchev–Trinajstić information content (AvgIpc) is 3.33. The minimum Gasteiger partial charge on any atom is -0.495 e. The molecule has 0 amide bonds. The standard InChI is InChI=1S/C24H29NO6S/c1-15-12-20(18(4)17(3)16(15)2)21(26)14-31-24(27)19-8-9-22(30-5)23(13-19)32(28,29)25-10-6-7-11-25/h8-9,12-13H,6-7,10-11,14H2,1-5H3. The van der Waals surface area contributed by atoms with Crippen molar-refractivity contribution < 1.29 is 27.5 Å². The molecule has 172 valence electrons. The van der Waals surface area contributed by atoms with Crippen LogP contribution in [0.4, 0.5) is 0 Å². The molecule has 0 unspecified atom stereocenters. The second-order valence-electron chi connectivity index (χ2n) is 8.09. The molecule has 1 fully saturated rings. The summed E-state index contributed by atoms with van der Waals surface area (Å²) in [6.45, 7) is 8.21. The van der Waals surface area contributed by atoms with Gasteiger partial charge in [0.2, 0.25) is 15.8 Å². The smallest absolute Gasteiger partial charge is 0.338 e. The summed E-state index contributed by atoms with van der Waals surface area (Å²) in [6.07, 6.45) is 1.59. The van der Waals surface area contributed by atoms with Gasteiger partial charge in [-0.25, -0.2) is 13.2 Å². The number of ketones is 1. The molecule has 0 radical (unpaired) electrons. The van der Waals surface area contributed by atoms with E-state index in [9.17, 15) is 18.0 Å². The number of hydrogen-bond acceptors (Lipinski definition) is 6. The van der Waals surface area contributed by atoms with E-state index in [-0.39, 0.29) is 22.0 Å². The summed E-state index contributed by atoms with van der Waals surface area (Å²) in [5.41, 5.74) is 4.58. The fraction of sp³-hybridized carbons (Fsp3) is 0.417. The van der Waals surface area contributed by atoms with Crippen molar-refractivity contribution in [1.82, 2.24) is 4.31 Å². The van der Waals surface area contributed by atoms with Crippen molar-refractivity contribution in [3.63, 3.8) is 0 Å². The first-order chi connectivity index (χ1) is 15.1. The molecule has 1 aliphatic rings. The van der Waals surface area contributed by atoms with E-state index >= 15 is 0 Å². The Morgan fingerprint density at radius 3 is 2.25 bits per heavy atom. The van der Waals surface area contributed by atoms with Crippen molar-refractivity contribution in [2.75, 3.05) is 26.8 Å². The molecular formula is C24H29NO6S. The predicted octanol–water partition coefficient (Wildman–Crippen LogP) is 3.75. The molecule has 0 aliphatic carbocycles. The van der Waals surface area contributed by atoms with E-state index in [1.807, 2.05) is 33.8 Å². The lowest BCUT2D eigenvalue weighted by atomic mass is 9.93. The lowest BCUT2D eigenvalue weighted by molar-refractivity contribution is 0.0474. The zero-order valence-corrected chi connectivity index (χ0v) is 20.0. The van der Waals surface area contributed by atoms with Gasteiger partial charge < -0.3 is 9.47 Å². The van der Waals surface area contributed by atoms with Crippen LogP contribution in [-0.2, 0) is 14.8 Å². The highest BCUT2D eigenvalue weighted by Gasteiger charge is 2.31. The third kappa shape index (κ3) is 4.56. The Labute approximate surface area is 189 Å².